The summed E-state index contributed by atoms with van der Waals surface area (Å²) >= 11 is 0. The smallest absolute Gasteiger partial charge is 0.269 e. The normalized spacial score (nSPS) is 12.5. The molecule has 0 aliphatic rings. The second-order valence-corrected chi connectivity index (χ2v) is 2.60. The fourth-order valence-corrected chi connectivity index (χ4v) is 0.982. The lowest BCUT2D eigenvalue weighted by Gasteiger charge is -2.06. The highest BCUT2D eigenvalue weighted by atomic mass is 16.6. The average molecular weight is 182 g/mol. The van der Waals surface area contributed by atoms with Gasteiger partial charge in [-0.3, -0.25) is 10.1 Å². The zero-order valence-corrected chi connectivity index (χ0v) is 6.88. The summed E-state index contributed by atoms with van der Waals surface area (Å²) in [6.45, 7) is 0.0567. The second-order valence-electron chi connectivity index (χ2n) is 2.60. The second kappa shape index (κ2) is 3.97. The molecule has 5 heteroatoms. The minimum absolute atomic E-state index is 0.0370. The van der Waals surface area contributed by atoms with Crippen molar-refractivity contribution in [3.63, 3.8) is 0 Å². The van der Waals surface area contributed by atoms with Crippen LogP contribution in [0.15, 0.2) is 24.3 Å². The summed E-state index contributed by atoms with van der Waals surface area (Å²) in [5.41, 5.74) is 5.64. The summed E-state index contributed by atoms with van der Waals surface area (Å²) in [6, 6.07) is 5.81. The molecule has 1 aromatic rings. The van der Waals surface area contributed by atoms with E-state index >= 15 is 0 Å². The molecule has 0 radical (unpaired) electrons. The van der Waals surface area contributed by atoms with Crippen molar-refractivity contribution in [3.8, 4) is 0 Å². The number of hydrogen-bond acceptors (Lipinski definition) is 4. The first-order chi connectivity index (χ1) is 6.15. The Morgan fingerprint density at radius 3 is 2.85 bits per heavy atom. The maximum Gasteiger partial charge on any atom is 0.269 e. The van der Waals surface area contributed by atoms with Crippen molar-refractivity contribution >= 4 is 5.69 Å². The first kappa shape index (κ1) is 9.63. The van der Waals surface area contributed by atoms with Crippen LogP contribution in [0, 0.1) is 10.1 Å². The van der Waals surface area contributed by atoms with Crippen LogP contribution in [0.4, 0.5) is 5.69 Å². The van der Waals surface area contributed by atoms with E-state index in [4.69, 9.17) is 5.73 Å². The van der Waals surface area contributed by atoms with Gasteiger partial charge < -0.3 is 10.8 Å². The summed E-state index contributed by atoms with van der Waals surface area (Å²) in [4.78, 5) is 9.85. The molecule has 0 bridgehead atoms. The molecule has 0 aliphatic heterocycles. The first-order valence-corrected chi connectivity index (χ1v) is 3.77. The van der Waals surface area contributed by atoms with Crippen molar-refractivity contribution in [2.75, 3.05) is 6.54 Å². The predicted molar refractivity (Wildman–Crippen MR) is 47.1 cm³/mol. The highest BCUT2D eigenvalue weighted by Crippen LogP contribution is 2.17. The lowest BCUT2D eigenvalue weighted by atomic mass is 10.1. The SMILES string of the molecule is NCC(O)c1cccc([N+](=O)[O-])c1. The van der Waals surface area contributed by atoms with E-state index in [-0.39, 0.29) is 12.2 Å². The molecule has 0 spiro atoms. The number of benzene rings is 1. The van der Waals surface area contributed by atoms with E-state index in [2.05, 4.69) is 0 Å². The van der Waals surface area contributed by atoms with Gasteiger partial charge in [-0.05, 0) is 5.56 Å². The number of nitro benzene ring substituents is 1. The molecule has 3 N–H and O–H groups in total. The van der Waals surface area contributed by atoms with E-state index in [1.165, 1.54) is 18.2 Å². The van der Waals surface area contributed by atoms with Crippen molar-refractivity contribution in [2.45, 2.75) is 6.10 Å². The molecule has 5 nitrogen and oxygen atoms in total. The van der Waals surface area contributed by atoms with E-state index in [0.717, 1.165) is 0 Å². The number of aliphatic hydroxyl groups excluding tert-OH is 1. The van der Waals surface area contributed by atoms with E-state index in [1.807, 2.05) is 0 Å². The largest absolute Gasteiger partial charge is 0.387 e. The minimum atomic E-state index is -0.833. The standard InChI is InChI=1S/C8H10N2O3/c9-5-8(11)6-2-1-3-7(4-6)10(12)13/h1-4,8,11H,5,9H2. The molecular weight excluding hydrogens is 172 g/mol. The quantitative estimate of drug-likeness (QED) is 0.528. The Kier molecular flexibility index (Phi) is 2.94. The van der Waals surface area contributed by atoms with Gasteiger partial charge in [-0.1, -0.05) is 12.1 Å². The van der Waals surface area contributed by atoms with Gasteiger partial charge in [0.25, 0.3) is 5.69 Å². The van der Waals surface area contributed by atoms with E-state index in [9.17, 15) is 15.2 Å². The van der Waals surface area contributed by atoms with Gasteiger partial charge in [0.15, 0.2) is 0 Å². The molecule has 0 amide bonds. The van der Waals surface area contributed by atoms with Gasteiger partial charge in [0.1, 0.15) is 0 Å². The third-order valence-electron chi connectivity index (χ3n) is 1.69. The number of nitrogens with two attached hydrogens (primary N) is 1. The molecule has 0 fully saturated rings. The third-order valence-corrected chi connectivity index (χ3v) is 1.69. The Balaban J connectivity index is 2.98. The van der Waals surface area contributed by atoms with E-state index < -0.39 is 11.0 Å². The molecule has 1 atom stereocenters. The van der Waals surface area contributed by atoms with Crippen LogP contribution < -0.4 is 5.73 Å². The zero-order chi connectivity index (χ0) is 9.84. The number of nitrogens with zero attached hydrogens (tertiary/aromatic N) is 1. The number of non-ortho nitro benzene ring substituents is 1. The van der Waals surface area contributed by atoms with Crippen LogP contribution in [-0.4, -0.2) is 16.6 Å². The number of aliphatic hydroxyl groups is 1. The van der Waals surface area contributed by atoms with Crippen molar-refractivity contribution < 1.29 is 10.0 Å². The van der Waals surface area contributed by atoms with Crippen LogP contribution in [0.2, 0.25) is 0 Å². The van der Waals surface area contributed by atoms with Gasteiger partial charge in [-0.15, -0.1) is 0 Å². The van der Waals surface area contributed by atoms with Gasteiger partial charge in [-0.25, -0.2) is 0 Å². The lowest BCUT2D eigenvalue weighted by Crippen LogP contribution is -2.11. The molecule has 0 aliphatic carbocycles. The van der Waals surface area contributed by atoms with Crippen LogP contribution in [0.25, 0.3) is 0 Å². The fraction of sp³-hybridized carbons (Fsp3) is 0.250. The number of rotatable bonds is 3. The Morgan fingerprint density at radius 1 is 1.62 bits per heavy atom. The van der Waals surface area contributed by atoms with Crippen LogP contribution in [0.5, 0.6) is 0 Å². The molecule has 70 valence electrons. The molecule has 1 rings (SSSR count). The van der Waals surface area contributed by atoms with Crippen LogP contribution in [0.3, 0.4) is 0 Å². The van der Waals surface area contributed by atoms with Gasteiger partial charge in [0.2, 0.25) is 0 Å². The van der Waals surface area contributed by atoms with Crippen LogP contribution in [-0.2, 0) is 0 Å². The van der Waals surface area contributed by atoms with E-state index in [1.54, 1.807) is 6.07 Å². The molecule has 1 unspecified atom stereocenters. The van der Waals surface area contributed by atoms with Gasteiger partial charge in [-0.2, -0.15) is 0 Å². The van der Waals surface area contributed by atoms with E-state index in [0.29, 0.717) is 5.56 Å². The Morgan fingerprint density at radius 2 is 2.31 bits per heavy atom. The monoisotopic (exact) mass is 182 g/mol. The fourth-order valence-electron chi connectivity index (χ4n) is 0.982. The molecule has 0 saturated carbocycles. The Hall–Kier alpha value is -1.46. The third kappa shape index (κ3) is 2.24. The van der Waals surface area contributed by atoms with Crippen molar-refractivity contribution in [2.24, 2.45) is 5.73 Å². The van der Waals surface area contributed by atoms with Gasteiger partial charge >= 0.3 is 0 Å². The zero-order valence-electron chi connectivity index (χ0n) is 6.88. The predicted octanol–water partition coefficient (Wildman–Crippen LogP) is 0.587. The molecule has 1 aromatic carbocycles. The molecule has 0 aromatic heterocycles. The molecular formula is C8H10N2O3. The highest BCUT2D eigenvalue weighted by Gasteiger charge is 2.10. The summed E-state index contributed by atoms with van der Waals surface area (Å²) < 4.78 is 0. The van der Waals surface area contributed by atoms with Crippen LogP contribution in [0.1, 0.15) is 11.7 Å². The summed E-state index contributed by atoms with van der Waals surface area (Å²) in [6.07, 6.45) is -0.833. The van der Waals surface area contributed by atoms with Crippen molar-refractivity contribution in [1.82, 2.24) is 0 Å². The lowest BCUT2D eigenvalue weighted by molar-refractivity contribution is -0.385. The Bertz CT molecular complexity index is 314. The van der Waals surface area contributed by atoms with Gasteiger partial charge in [0.05, 0.1) is 11.0 Å². The highest BCUT2D eigenvalue weighted by molar-refractivity contribution is 5.35. The molecule has 0 saturated heterocycles. The van der Waals surface area contributed by atoms with Crippen molar-refractivity contribution in [1.29, 1.82) is 0 Å². The average Bonchev–Trinajstić information content (AvgIpc) is 2.17. The summed E-state index contributed by atoms with van der Waals surface area (Å²) in [5, 5.41) is 19.6. The topological polar surface area (TPSA) is 89.4 Å². The summed E-state index contributed by atoms with van der Waals surface area (Å²) in [5.74, 6) is 0. The maximum atomic E-state index is 10.4. The van der Waals surface area contributed by atoms with Crippen LogP contribution >= 0.6 is 0 Å². The number of hydrogen-bond donors (Lipinski definition) is 2. The number of nitro groups is 1. The molecule has 0 heterocycles. The first-order valence-electron chi connectivity index (χ1n) is 3.77. The minimum Gasteiger partial charge on any atom is -0.387 e. The maximum absolute atomic E-state index is 10.4. The van der Waals surface area contributed by atoms with Gasteiger partial charge in [0, 0.05) is 18.7 Å². The van der Waals surface area contributed by atoms with Crippen molar-refractivity contribution in [3.05, 3.63) is 39.9 Å². The Labute approximate surface area is 74.9 Å². The molecule has 13 heavy (non-hydrogen) atoms. The summed E-state index contributed by atoms with van der Waals surface area (Å²) in [7, 11) is 0.